The van der Waals surface area contributed by atoms with Gasteiger partial charge in [0.1, 0.15) is 4.21 Å². The minimum atomic E-state index is -2.35. The van der Waals surface area contributed by atoms with Gasteiger partial charge in [0.05, 0.1) is 13.9 Å². The van der Waals surface area contributed by atoms with Crippen molar-refractivity contribution in [3.8, 4) is 0 Å². The molecule has 1 aliphatic rings. The first-order valence-corrected chi connectivity index (χ1v) is 12.6. The zero-order chi connectivity index (χ0) is 17.7. The minimum absolute atomic E-state index is 0.689. The van der Waals surface area contributed by atoms with Gasteiger partial charge in [-0.25, -0.2) is 8.51 Å². The maximum Gasteiger partial charge on any atom is 0.101 e. The standard InChI is InChI=1S/C13H24N2O2S3.C2H7N/c1-17-9-5-7-15-8-6-11-10-12(19(2,3)14)18-13(11)20(15,4)16;1-2-3/h10H,4-9,14H2,1-3H3;2-3H2,1H3. The van der Waals surface area contributed by atoms with E-state index in [0.29, 0.717) is 6.61 Å². The fraction of sp³-hybridized carbons (Fsp3) is 0.667. The van der Waals surface area contributed by atoms with Crippen LogP contribution in [0.2, 0.25) is 0 Å². The van der Waals surface area contributed by atoms with Crippen molar-refractivity contribution < 1.29 is 8.95 Å². The molecule has 1 atom stereocenters. The third-order valence-corrected chi connectivity index (χ3v) is 9.89. The second-order valence-corrected chi connectivity index (χ2v) is 12.9. The molecule has 2 rings (SSSR count). The minimum Gasteiger partial charge on any atom is -0.385 e. The van der Waals surface area contributed by atoms with Crippen molar-refractivity contribution in [3.63, 3.8) is 0 Å². The number of thiophene rings is 1. The molecule has 23 heavy (non-hydrogen) atoms. The van der Waals surface area contributed by atoms with Gasteiger partial charge in [-0.05, 0) is 49.4 Å². The highest BCUT2D eigenvalue weighted by Crippen LogP contribution is 2.49. The van der Waals surface area contributed by atoms with E-state index in [-0.39, 0.29) is 0 Å². The summed E-state index contributed by atoms with van der Waals surface area (Å²) in [6.07, 6.45) is 5.93. The molecule has 0 amide bonds. The Bertz CT molecular complexity index is 592. The van der Waals surface area contributed by atoms with Crippen LogP contribution in [0.5, 0.6) is 0 Å². The van der Waals surface area contributed by atoms with Crippen LogP contribution in [0, 0.1) is 0 Å². The van der Waals surface area contributed by atoms with Crippen LogP contribution < -0.4 is 10.9 Å². The quantitative estimate of drug-likeness (QED) is 0.603. The smallest absolute Gasteiger partial charge is 0.101 e. The van der Waals surface area contributed by atoms with E-state index in [1.807, 2.05) is 11.2 Å². The highest BCUT2D eigenvalue weighted by Gasteiger charge is 2.30. The van der Waals surface area contributed by atoms with E-state index in [0.717, 1.165) is 40.9 Å². The second-order valence-electron chi connectivity index (χ2n) is 5.86. The van der Waals surface area contributed by atoms with Crippen molar-refractivity contribution in [2.45, 2.75) is 28.2 Å². The van der Waals surface area contributed by atoms with Gasteiger partial charge >= 0.3 is 0 Å². The maximum absolute atomic E-state index is 13.0. The van der Waals surface area contributed by atoms with Crippen LogP contribution in [-0.4, -0.2) is 60.2 Å². The average Bonchev–Trinajstić information content (AvgIpc) is 2.88. The lowest BCUT2D eigenvalue weighted by molar-refractivity contribution is 0.187. The van der Waals surface area contributed by atoms with Crippen molar-refractivity contribution in [1.29, 1.82) is 0 Å². The van der Waals surface area contributed by atoms with E-state index in [9.17, 15) is 4.21 Å². The van der Waals surface area contributed by atoms with E-state index < -0.39 is 19.9 Å². The molecule has 5 nitrogen and oxygen atoms in total. The highest BCUT2D eigenvalue weighted by atomic mass is 32.3. The molecule has 1 aromatic rings. The summed E-state index contributed by atoms with van der Waals surface area (Å²) < 4.78 is 22.2. The summed E-state index contributed by atoms with van der Waals surface area (Å²) in [6.45, 7) is 4.91. The van der Waals surface area contributed by atoms with Gasteiger partial charge < -0.3 is 10.5 Å². The Balaban J connectivity index is 0.000000816. The number of methoxy groups -OCH3 is 1. The molecule has 0 aliphatic carbocycles. The predicted molar refractivity (Wildman–Crippen MR) is 106 cm³/mol. The van der Waals surface area contributed by atoms with Crippen LogP contribution in [0.15, 0.2) is 14.5 Å². The van der Waals surface area contributed by atoms with E-state index in [4.69, 9.17) is 15.6 Å². The van der Waals surface area contributed by atoms with Gasteiger partial charge in [-0.1, -0.05) is 6.92 Å². The number of nitrogens with zero attached hydrogens (tertiary/aromatic N) is 1. The number of ether oxygens (including phenoxy) is 1. The second kappa shape index (κ2) is 8.84. The maximum atomic E-state index is 13.0. The molecule has 136 valence electrons. The first-order chi connectivity index (χ1) is 10.7. The summed E-state index contributed by atoms with van der Waals surface area (Å²) in [5.74, 6) is 4.02. The summed E-state index contributed by atoms with van der Waals surface area (Å²) in [6, 6.07) is 2.15. The summed E-state index contributed by atoms with van der Waals surface area (Å²) in [5.41, 5.74) is 6.03. The van der Waals surface area contributed by atoms with Gasteiger partial charge in [0.2, 0.25) is 0 Å². The van der Waals surface area contributed by atoms with E-state index in [2.05, 4.69) is 24.4 Å². The summed E-state index contributed by atoms with van der Waals surface area (Å²) >= 11 is 1.59. The fourth-order valence-corrected chi connectivity index (χ4v) is 7.36. The molecule has 0 saturated heterocycles. The van der Waals surface area contributed by atoms with Gasteiger partial charge in [-0.15, -0.1) is 11.3 Å². The van der Waals surface area contributed by atoms with Crippen molar-refractivity contribution in [1.82, 2.24) is 4.31 Å². The first kappa shape index (κ1) is 21.0. The van der Waals surface area contributed by atoms with Crippen LogP contribution in [0.1, 0.15) is 18.9 Å². The topological polar surface area (TPSA) is 81.6 Å². The third kappa shape index (κ3) is 5.45. The summed E-state index contributed by atoms with van der Waals surface area (Å²) in [4.78, 5) is 0. The Kier molecular flexibility index (Phi) is 8.06. The zero-order valence-electron chi connectivity index (χ0n) is 14.7. The Morgan fingerprint density at radius 1 is 1.52 bits per heavy atom. The number of rotatable bonds is 5. The average molecular weight is 382 g/mol. The van der Waals surface area contributed by atoms with Crippen LogP contribution in [0.3, 0.4) is 0 Å². The van der Waals surface area contributed by atoms with E-state index >= 15 is 0 Å². The number of nitrogens with two attached hydrogens (primary N) is 2. The van der Waals surface area contributed by atoms with Gasteiger partial charge in [-0.3, -0.25) is 5.14 Å². The number of fused-ring (bicyclic) bond motifs is 1. The molecule has 0 fully saturated rings. The lowest BCUT2D eigenvalue weighted by atomic mass is 10.2. The highest BCUT2D eigenvalue weighted by molar-refractivity contribution is 8.32. The largest absolute Gasteiger partial charge is 0.385 e. The van der Waals surface area contributed by atoms with Crippen LogP contribution in [0.4, 0.5) is 0 Å². The Morgan fingerprint density at radius 2 is 2.13 bits per heavy atom. The molecule has 0 saturated carbocycles. The SMILES string of the molecule is C=S1(=O)c2sc(S(C)(C)N)cc2CCN1CCCOC.CCN. The summed E-state index contributed by atoms with van der Waals surface area (Å²) in [7, 11) is -1.92. The van der Waals surface area contributed by atoms with Gasteiger partial charge in [0, 0.05) is 26.8 Å². The van der Waals surface area contributed by atoms with Crippen LogP contribution >= 0.6 is 21.6 Å². The molecule has 0 bridgehead atoms. The first-order valence-electron chi connectivity index (χ1n) is 7.63. The van der Waals surface area contributed by atoms with Gasteiger partial charge in [0.25, 0.3) is 0 Å². The molecule has 8 heteroatoms. The van der Waals surface area contributed by atoms with E-state index in [1.54, 1.807) is 18.4 Å². The molecule has 1 aliphatic heterocycles. The molecule has 0 radical (unpaired) electrons. The fourth-order valence-electron chi connectivity index (χ4n) is 2.25. The molecule has 1 aromatic heterocycles. The van der Waals surface area contributed by atoms with E-state index in [1.165, 1.54) is 5.56 Å². The van der Waals surface area contributed by atoms with Gasteiger partial charge in [-0.2, -0.15) is 10.2 Å². The molecular weight excluding hydrogens is 350 g/mol. The molecule has 4 N–H and O–H groups in total. The molecule has 2 heterocycles. The Hall–Kier alpha value is -0.0900. The molecule has 0 spiro atoms. The van der Waals surface area contributed by atoms with Crippen molar-refractivity contribution in [2.24, 2.45) is 10.9 Å². The Labute approximate surface area is 147 Å². The normalized spacial score (nSPS) is 22.2. The lowest BCUT2D eigenvalue weighted by Crippen LogP contribution is -2.37. The zero-order valence-corrected chi connectivity index (χ0v) is 17.1. The van der Waals surface area contributed by atoms with Crippen LogP contribution in [-0.2, 0) is 20.9 Å². The Morgan fingerprint density at radius 3 is 2.65 bits per heavy atom. The number of hydrogen-bond donors (Lipinski definition) is 2. The third-order valence-electron chi connectivity index (χ3n) is 3.36. The monoisotopic (exact) mass is 381 g/mol. The molecule has 0 aromatic carbocycles. The van der Waals surface area contributed by atoms with Crippen LogP contribution in [0.25, 0.3) is 0 Å². The van der Waals surface area contributed by atoms with Crippen molar-refractivity contribution in [3.05, 3.63) is 11.6 Å². The van der Waals surface area contributed by atoms with Crippen molar-refractivity contribution >= 4 is 37.1 Å². The molecular formula is C15H31N3O2S3. The lowest BCUT2D eigenvalue weighted by Gasteiger charge is -2.30. The van der Waals surface area contributed by atoms with Gasteiger partial charge in [0.15, 0.2) is 0 Å². The molecule has 1 unspecified atom stereocenters. The van der Waals surface area contributed by atoms with Crippen molar-refractivity contribution in [2.75, 3.05) is 45.9 Å². The number of hydrogen-bond acceptors (Lipinski definition) is 5. The summed E-state index contributed by atoms with van der Waals surface area (Å²) in [5, 5.41) is 6.24. The predicted octanol–water partition coefficient (Wildman–Crippen LogP) is 1.89.